The highest BCUT2D eigenvalue weighted by Gasteiger charge is 2.54. The molecule has 8 heterocycles. The summed E-state index contributed by atoms with van der Waals surface area (Å²) >= 11 is 0. The molecule has 0 unspecified atom stereocenters. The Hall–Kier alpha value is -14.1. The average molecular weight is 1560 g/mol. The van der Waals surface area contributed by atoms with E-state index < -0.39 is 23.3 Å². The molecule has 28 heteroatoms. The average Bonchev–Trinajstić information content (AvgIpc) is 1.43. The lowest BCUT2D eigenvalue weighted by atomic mass is 9.98. The highest BCUT2D eigenvalue weighted by Crippen LogP contribution is 2.52. The number of halogens is 4. The van der Waals surface area contributed by atoms with Crippen LogP contribution in [-0.4, -0.2) is 63.5 Å². The number of aromatic nitrogens is 8. The van der Waals surface area contributed by atoms with Crippen molar-refractivity contribution in [2.24, 2.45) is 71.0 Å². The van der Waals surface area contributed by atoms with Crippen LogP contribution in [0.15, 0.2) is 147 Å². The third kappa shape index (κ3) is 16.2. The fourth-order valence-electron chi connectivity index (χ4n) is 15.7. The first-order valence-corrected chi connectivity index (χ1v) is 37.5. The number of aryl methyl sites for hydroxylation is 4. The lowest BCUT2D eigenvalue weighted by molar-refractivity contribution is -0.118. The van der Waals surface area contributed by atoms with Gasteiger partial charge in [-0.05, 0) is 192 Å². The molecule has 0 bridgehead atoms. The number of nitrogens with one attached hydrogen (secondary N) is 4. The van der Waals surface area contributed by atoms with Gasteiger partial charge in [0.1, 0.15) is 23.3 Å². The summed E-state index contributed by atoms with van der Waals surface area (Å²) in [4.78, 5) is 83.2. The first-order valence-electron chi connectivity index (χ1n) is 37.5. The summed E-state index contributed by atoms with van der Waals surface area (Å²) in [5, 5.41) is 51.3. The van der Waals surface area contributed by atoms with Crippen molar-refractivity contribution in [2.75, 3.05) is 44.2 Å². The molecule has 4 aromatic carbocycles. The van der Waals surface area contributed by atoms with Crippen LogP contribution < -0.4 is 44.2 Å². The van der Waals surface area contributed by atoms with Gasteiger partial charge in [-0.15, -0.1) is 0 Å². The maximum Gasteiger partial charge on any atom is 0.229 e. The third-order valence-corrected chi connectivity index (χ3v) is 23.1. The lowest BCUT2D eigenvalue weighted by Crippen LogP contribution is -2.16. The monoisotopic (exact) mass is 1560 g/mol. The number of rotatable bonds is 16. The Morgan fingerprint density at radius 2 is 0.534 bits per heavy atom. The number of anilines is 8. The van der Waals surface area contributed by atoms with Crippen molar-refractivity contribution < 1.29 is 36.7 Å². The highest BCUT2D eigenvalue weighted by atomic mass is 19.1. The summed E-state index contributed by atoms with van der Waals surface area (Å²) in [6.07, 6.45) is 20.4. The Balaban J connectivity index is 0.000000135. The van der Waals surface area contributed by atoms with Gasteiger partial charge in [-0.1, -0.05) is 27.7 Å². The highest BCUT2D eigenvalue weighted by molar-refractivity contribution is 6.05. The van der Waals surface area contributed by atoms with Crippen LogP contribution in [0, 0.1) is 167 Å². The number of carbonyl (C=O) groups is 4. The minimum Gasteiger partial charge on any atom is -0.396 e. The maximum absolute atomic E-state index is 14.9. The van der Waals surface area contributed by atoms with E-state index in [-0.39, 0.29) is 117 Å². The van der Waals surface area contributed by atoms with E-state index in [1.807, 2.05) is 79.7 Å². The summed E-state index contributed by atoms with van der Waals surface area (Å²) in [7, 11) is 0. The molecule has 0 spiro atoms. The molecule has 0 saturated heterocycles. The summed E-state index contributed by atoms with van der Waals surface area (Å²) < 4.78 is 59.6. The van der Waals surface area contributed by atoms with E-state index in [2.05, 4.69) is 85.4 Å². The first-order chi connectivity index (χ1) is 55.7. The van der Waals surface area contributed by atoms with Gasteiger partial charge >= 0.3 is 0 Å². The largest absolute Gasteiger partial charge is 0.396 e. The maximum atomic E-state index is 14.9. The zero-order valence-corrected chi connectivity index (χ0v) is 64.4. The smallest absolute Gasteiger partial charge is 0.229 e. The van der Waals surface area contributed by atoms with E-state index >= 15 is 0 Å². The number of fused-ring (bicyclic) bond motifs is 4. The molecule has 12 N–H and O–H groups in total. The fourth-order valence-corrected chi connectivity index (χ4v) is 15.7. The zero-order valence-electron chi connectivity index (χ0n) is 64.4. The number of nitrogens with two attached hydrogens (primary N) is 4. The molecule has 0 aliphatic heterocycles. The van der Waals surface area contributed by atoms with Gasteiger partial charge in [-0.3, -0.25) is 39.1 Å². The van der Waals surface area contributed by atoms with E-state index in [1.54, 1.807) is 98.1 Å². The van der Waals surface area contributed by atoms with Gasteiger partial charge in [0.15, 0.2) is 23.3 Å². The predicted molar refractivity (Wildman–Crippen MR) is 436 cm³/mol. The standard InChI is InChI=1S/4C22H20FN5O/c4*1-11-4-6-26-9-16(11)15-7-13-8-18(27-10-17(13)21(25)20(15)23)28-22(29)19-12(2)14(19)3-5-24/h4*4,6-10,12,14,19H,3,25H2,1-2H3,(H,27,28,29)/t2*12-,14+,19+;2*12-,14-,19-/m1010/s1. The number of nitrogen functional groups attached to an aromatic ring is 4. The quantitative estimate of drug-likeness (QED) is 0.0329. The van der Waals surface area contributed by atoms with Crippen LogP contribution in [0.3, 0.4) is 0 Å². The molecule has 16 rings (SSSR count). The van der Waals surface area contributed by atoms with Crippen molar-refractivity contribution in [1.29, 1.82) is 21.0 Å². The SMILES string of the molecule is Cc1ccncc1-c1cc2cc(NC(=O)[C@@H]3[C@@H](C)[C@H]3CC#N)ncc2c(N)c1F.Cc1ccncc1-c1cc2cc(NC(=O)[C@@H]3[C@H](C)[C@H]3CC#N)ncc2c(N)c1F.Cc1ccncc1-c1cc2cc(NC(=O)[C@H]3[C@@H](C)[C@@H]3CC#N)ncc2c(N)c1F.Cc1ccncc1-c1cc2cc(NC(=O)[C@H]3[C@H](C)[C@@H]3CC#N)ncc2c(N)c1F. The van der Waals surface area contributed by atoms with Gasteiger partial charge in [0.05, 0.1) is 47.0 Å². The zero-order chi connectivity index (χ0) is 82.8. The van der Waals surface area contributed by atoms with Crippen molar-refractivity contribution in [3.63, 3.8) is 0 Å². The summed E-state index contributed by atoms with van der Waals surface area (Å²) in [6.45, 7) is 15.4. The van der Waals surface area contributed by atoms with Gasteiger partial charge in [-0.25, -0.2) is 37.5 Å². The second kappa shape index (κ2) is 33.3. The van der Waals surface area contributed by atoms with Crippen LogP contribution in [-0.2, 0) is 19.2 Å². The van der Waals surface area contributed by atoms with E-state index in [4.69, 9.17) is 44.0 Å². The molecule has 12 atom stereocenters. The van der Waals surface area contributed by atoms with E-state index in [0.29, 0.717) is 137 Å². The molecule has 4 aliphatic rings. The number of nitriles is 4. The number of nitrogens with zero attached hydrogens (tertiary/aromatic N) is 12. The molecule has 4 amide bonds. The molecule has 584 valence electrons. The van der Waals surface area contributed by atoms with Crippen molar-refractivity contribution >= 4 is 113 Å². The van der Waals surface area contributed by atoms with Gasteiger partial charge in [-0.2, -0.15) is 21.0 Å². The Labute approximate surface area is 664 Å². The van der Waals surface area contributed by atoms with Crippen LogP contribution in [0.5, 0.6) is 0 Å². The Kier molecular flexibility index (Phi) is 22.9. The Bertz CT molecular complexity index is 5420. The van der Waals surface area contributed by atoms with E-state index in [9.17, 15) is 36.7 Å². The predicted octanol–water partition coefficient (Wildman–Crippen LogP) is 16.2. The first kappa shape index (κ1) is 79.9. The van der Waals surface area contributed by atoms with Gasteiger partial charge < -0.3 is 44.2 Å². The Morgan fingerprint density at radius 1 is 0.336 bits per heavy atom. The molecular formula is C88H80F4N20O4. The van der Waals surface area contributed by atoms with Crippen LogP contribution in [0.2, 0.25) is 0 Å². The van der Waals surface area contributed by atoms with Crippen molar-refractivity contribution in [1.82, 2.24) is 39.9 Å². The normalized spacial score (nSPS) is 20.3. The number of benzene rings is 4. The third-order valence-electron chi connectivity index (χ3n) is 23.1. The molecule has 24 nitrogen and oxygen atoms in total. The minimum atomic E-state index is -0.515. The molecule has 116 heavy (non-hydrogen) atoms. The van der Waals surface area contributed by atoms with E-state index in [0.717, 1.165) is 22.3 Å². The lowest BCUT2D eigenvalue weighted by Gasteiger charge is -2.12. The molecule has 0 radical (unpaired) electrons. The molecule has 8 aromatic heterocycles. The number of carbonyl (C=O) groups excluding carboxylic acids is 4. The van der Waals surface area contributed by atoms with Crippen LogP contribution >= 0.6 is 0 Å². The van der Waals surface area contributed by atoms with Crippen LogP contribution in [0.4, 0.5) is 63.6 Å². The second-order valence-electron chi connectivity index (χ2n) is 30.1. The Morgan fingerprint density at radius 3 is 0.716 bits per heavy atom. The minimum absolute atomic E-state index is 0.0102. The van der Waals surface area contributed by atoms with Crippen LogP contribution in [0.1, 0.15) is 75.6 Å². The number of amides is 4. The fraction of sp³-hybridized carbons (Fsp3) is 0.273. The van der Waals surface area contributed by atoms with Crippen molar-refractivity contribution in [3.05, 3.63) is 193 Å². The topological polar surface area (TPSA) is 419 Å². The number of hydrogen-bond acceptors (Lipinski definition) is 20. The van der Waals surface area contributed by atoms with Gasteiger partial charge in [0.2, 0.25) is 23.6 Å². The van der Waals surface area contributed by atoms with Crippen LogP contribution in [0.25, 0.3) is 87.6 Å². The van der Waals surface area contributed by atoms with Crippen molar-refractivity contribution in [3.8, 4) is 68.8 Å². The van der Waals surface area contributed by atoms with Gasteiger partial charge in [0.25, 0.3) is 0 Å². The second-order valence-corrected chi connectivity index (χ2v) is 30.1. The molecule has 12 aromatic rings. The molecule has 4 aliphatic carbocycles. The number of hydrogen-bond donors (Lipinski definition) is 8. The number of pyridine rings is 8. The summed E-state index contributed by atoms with van der Waals surface area (Å²) in [5.74, 6) is -0.823. The summed E-state index contributed by atoms with van der Waals surface area (Å²) in [5.41, 5.74) is 31.8. The summed E-state index contributed by atoms with van der Waals surface area (Å²) in [6, 6.07) is 29.2. The molecule has 4 fully saturated rings. The van der Waals surface area contributed by atoms with E-state index in [1.165, 1.54) is 24.8 Å². The molecule has 4 saturated carbocycles. The molecular weight excluding hydrogens is 1480 g/mol. The van der Waals surface area contributed by atoms with Gasteiger partial charge in [0, 0.05) is 190 Å². The van der Waals surface area contributed by atoms with Crippen molar-refractivity contribution in [2.45, 2.75) is 81.1 Å².